The molecule has 0 saturated carbocycles. The zero-order valence-corrected chi connectivity index (χ0v) is 11.4. The first-order valence-corrected chi connectivity index (χ1v) is 7.14. The van der Waals surface area contributed by atoms with Crippen LogP contribution in [0.3, 0.4) is 0 Å². The van der Waals surface area contributed by atoms with Gasteiger partial charge in [-0.05, 0) is 31.0 Å². The van der Waals surface area contributed by atoms with Crippen LogP contribution in [0.1, 0.15) is 12.8 Å². The molecule has 0 bridgehead atoms. The number of morpholine rings is 1. The molecular weight excluding hydrogens is 259 g/mol. The first-order valence-electron chi connectivity index (χ1n) is 7.14. The molecule has 0 aromatic heterocycles. The van der Waals surface area contributed by atoms with Crippen molar-refractivity contribution in [3.8, 4) is 0 Å². The molecule has 2 aliphatic rings. The zero-order chi connectivity index (χ0) is 13.9. The van der Waals surface area contributed by atoms with Crippen LogP contribution in [0, 0.1) is 5.82 Å². The van der Waals surface area contributed by atoms with Crippen molar-refractivity contribution in [1.29, 1.82) is 0 Å². The third-order valence-corrected chi connectivity index (χ3v) is 4.02. The van der Waals surface area contributed by atoms with E-state index in [4.69, 9.17) is 4.74 Å². The van der Waals surface area contributed by atoms with Gasteiger partial charge in [-0.3, -0.25) is 9.69 Å². The molecule has 1 aromatic rings. The number of amides is 1. The van der Waals surface area contributed by atoms with Gasteiger partial charge in [0, 0.05) is 25.3 Å². The number of anilines is 1. The molecule has 5 heteroatoms. The zero-order valence-electron chi connectivity index (χ0n) is 11.4. The molecule has 108 valence electrons. The lowest BCUT2D eigenvalue weighted by molar-refractivity contribution is -0.127. The average molecular weight is 278 g/mol. The second-order valence-corrected chi connectivity index (χ2v) is 5.28. The van der Waals surface area contributed by atoms with E-state index in [9.17, 15) is 9.18 Å². The van der Waals surface area contributed by atoms with E-state index >= 15 is 0 Å². The van der Waals surface area contributed by atoms with Gasteiger partial charge in [0.2, 0.25) is 5.91 Å². The van der Waals surface area contributed by atoms with Gasteiger partial charge < -0.3 is 9.64 Å². The predicted molar refractivity (Wildman–Crippen MR) is 74.2 cm³/mol. The van der Waals surface area contributed by atoms with Gasteiger partial charge in [0.25, 0.3) is 0 Å². The number of ether oxygens (including phenoxy) is 1. The van der Waals surface area contributed by atoms with Crippen LogP contribution in [0.5, 0.6) is 0 Å². The molecule has 0 unspecified atom stereocenters. The van der Waals surface area contributed by atoms with Crippen molar-refractivity contribution in [2.24, 2.45) is 0 Å². The third kappa shape index (κ3) is 2.69. The number of rotatable bonds is 2. The fourth-order valence-corrected chi connectivity index (χ4v) is 2.98. The van der Waals surface area contributed by atoms with Crippen molar-refractivity contribution >= 4 is 11.6 Å². The van der Waals surface area contributed by atoms with Crippen molar-refractivity contribution < 1.29 is 13.9 Å². The molecule has 1 aromatic carbocycles. The number of piperidine rings is 1. The van der Waals surface area contributed by atoms with Crippen LogP contribution in [0.4, 0.5) is 10.1 Å². The smallest absolute Gasteiger partial charge is 0.244 e. The van der Waals surface area contributed by atoms with Crippen LogP contribution in [0.2, 0.25) is 0 Å². The number of carbonyl (C=O) groups is 1. The number of hydrogen-bond donors (Lipinski definition) is 0. The molecule has 20 heavy (non-hydrogen) atoms. The fraction of sp³-hybridized carbons (Fsp3) is 0.533. The van der Waals surface area contributed by atoms with E-state index < -0.39 is 0 Å². The molecule has 2 aliphatic heterocycles. The number of halogens is 1. The minimum absolute atomic E-state index is 0.0868. The highest BCUT2D eigenvalue weighted by Gasteiger charge is 2.34. The van der Waals surface area contributed by atoms with E-state index in [1.54, 1.807) is 17.0 Å². The topological polar surface area (TPSA) is 32.8 Å². The molecular formula is C15H19FN2O2. The van der Waals surface area contributed by atoms with Crippen LogP contribution in [-0.4, -0.2) is 49.7 Å². The Bertz CT molecular complexity index is 489. The highest BCUT2D eigenvalue weighted by atomic mass is 19.1. The van der Waals surface area contributed by atoms with Crippen LogP contribution >= 0.6 is 0 Å². The van der Waals surface area contributed by atoms with Crippen molar-refractivity contribution in [2.45, 2.75) is 18.9 Å². The summed E-state index contributed by atoms with van der Waals surface area (Å²) in [6.45, 7) is 3.64. The SMILES string of the molecule is O=C1[C@@H](N2CCOCC2)CCCN1c1cccc(F)c1. The van der Waals surface area contributed by atoms with E-state index in [0.29, 0.717) is 25.4 Å². The summed E-state index contributed by atoms with van der Waals surface area (Å²) in [6, 6.07) is 6.19. The molecule has 0 spiro atoms. The maximum Gasteiger partial charge on any atom is 0.244 e. The maximum absolute atomic E-state index is 13.3. The molecule has 2 saturated heterocycles. The Morgan fingerprint density at radius 2 is 2.00 bits per heavy atom. The first-order chi connectivity index (χ1) is 9.75. The largest absolute Gasteiger partial charge is 0.379 e. The van der Waals surface area contributed by atoms with E-state index in [1.165, 1.54) is 12.1 Å². The second-order valence-electron chi connectivity index (χ2n) is 5.28. The van der Waals surface area contributed by atoms with Gasteiger partial charge in [-0.15, -0.1) is 0 Å². The molecule has 0 N–H and O–H groups in total. The van der Waals surface area contributed by atoms with Gasteiger partial charge in [-0.1, -0.05) is 6.07 Å². The Labute approximate surface area is 118 Å². The summed E-state index contributed by atoms with van der Waals surface area (Å²) in [4.78, 5) is 16.6. The summed E-state index contributed by atoms with van der Waals surface area (Å²) in [7, 11) is 0. The highest BCUT2D eigenvalue weighted by Crippen LogP contribution is 2.24. The third-order valence-electron chi connectivity index (χ3n) is 4.02. The first kappa shape index (κ1) is 13.5. The Hall–Kier alpha value is -1.46. The van der Waals surface area contributed by atoms with Gasteiger partial charge in [-0.25, -0.2) is 4.39 Å². The van der Waals surface area contributed by atoms with Crippen molar-refractivity contribution in [3.63, 3.8) is 0 Å². The van der Waals surface area contributed by atoms with Crippen molar-refractivity contribution in [3.05, 3.63) is 30.1 Å². The van der Waals surface area contributed by atoms with E-state index in [0.717, 1.165) is 25.9 Å². The maximum atomic E-state index is 13.3. The lowest BCUT2D eigenvalue weighted by atomic mass is 10.0. The van der Waals surface area contributed by atoms with Gasteiger partial charge in [0.05, 0.1) is 19.3 Å². The molecule has 0 aliphatic carbocycles. The Balaban J connectivity index is 1.77. The van der Waals surface area contributed by atoms with E-state index in [-0.39, 0.29) is 17.8 Å². The Kier molecular flexibility index (Phi) is 3.98. The van der Waals surface area contributed by atoms with Crippen LogP contribution < -0.4 is 4.90 Å². The molecule has 3 rings (SSSR count). The summed E-state index contributed by atoms with van der Waals surface area (Å²) in [5.74, 6) is -0.215. The van der Waals surface area contributed by atoms with Gasteiger partial charge in [0.15, 0.2) is 0 Å². The second kappa shape index (κ2) is 5.89. The number of benzene rings is 1. The summed E-state index contributed by atoms with van der Waals surface area (Å²) < 4.78 is 18.7. The number of carbonyl (C=O) groups excluding carboxylic acids is 1. The predicted octanol–water partition coefficient (Wildman–Crippen LogP) is 1.65. The summed E-state index contributed by atoms with van der Waals surface area (Å²) in [5, 5.41) is 0. The summed E-state index contributed by atoms with van der Waals surface area (Å²) >= 11 is 0. The minimum Gasteiger partial charge on any atom is -0.379 e. The van der Waals surface area contributed by atoms with Crippen LogP contribution in [0.15, 0.2) is 24.3 Å². The summed E-state index contributed by atoms with van der Waals surface area (Å²) in [6.07, 6.45) is 1.83. The number of nitrogens with zero attached hydrogens (tertiary/aromatic N) is 2. The van der Waals surface area contributed by atoms with Gasteiger partial charge in [0.1, 0.15) is 5.82 Å². The molecule has 2 fully saturated rings. The Morgan fingerprint density at radius 3 is 2.75 bits per heavy atom. The fourth-order valence-electron chi connectivity index (χ4n) is 2.98. The number of hydrogen-bond acceptors (Lipinski definition) is 3. The van der Waals surface area contributed by atoms with E-state index in [1.807, 2.05) is 0 Å². The van der Waals surface area contributed by atoms with Gasteiger partial charge in [-0.2, -0.15) is 0 Å². The van der Waals surface area contributed by atoms with Crippen molar-refractivity contribution in [2.75, 3.05) is 37.7 Å². The molecule has 4 nitrogen and oxygen atoms in total. The lowest BCUT2D eigenvalue weighted by Crippen LogP contribution is -2.55. The summed E-state index contributed by atoms with van der Waals surface area (Å²) in [5.41, 5.74) is 0.660. The van der Waals surface area contributed by atoms with Gasteiger partial charge >= 0.3 is 0 Å². The van der Waals surface area contributed by atoms with Crippen LogP contribution in [0.25, 0.3) is 0 Å². The van der Waals surface area contributed by atoms with E-state index in [2.05, 4.69) is 4.90 Å². The Morgan fingerprint density at radius 1 is 1.20 bits per heavy atom. The monoisotopic (exact) mass is 278 g/mol. The molecule has 1 amide bonds. The quantitative estimate of drug-likeness (QED) is 0.824. The standard InChI is InChI=1S/C15H19FN2O2/c16-12-3-1-4-13(11-12)18-6-2-5-14(15(18)19)17-7-9-20-10-8-17/h1,3-4,11,14H,2,5-10H2/t14-/m0/s1. The normalized spacial score (nSPS) is 24.9. The lowest BCUT2D eigenvalue weighted by Gasteiger charge is -2.39. The van der Waals surface area contributed by atoms with Crippen LogP contribution in [-0.2, 0) is 9.53 Å². The molecule has 2 heterocycles. The molecule has 1 atom stereocenters. The minimum atomic E-state index is -0.302. The van der Waals surface area contributed by atoms with Crippen molar-refractivity contribution in [1.82, 2.24) is 4.90 Å². The molecule has 0 radical (unpaired) electrons. The average Bonchev–Trinajstić information content (AvgIpc) is 2.48. The highest BCUT2D eigenvalue weighted by molar-refractivity contribution is 5.97.